The second-order valence-electron chi connectivity index (χ2n) is 10.6. The molecule has 0 spiro atoms. The fourth-order valence-electron chi connectivity index (χ4n) is 4.98. The van der Waals surface area contributed by atoms with E-state index in [1.165, 1.54) is 12.1 Å². The van der Waals surface area contributed by atoms with E-state index < -0.39 is 37.5 Å². The fourth-order valence-corrected chi connectivity index (χ4v) is 4.98. The van der Waals surface area contributed by atoms with Crippen LogP contribution in [0.3, 0.4) is 0 Å². The van der Waals surface area contributed by atoms with Gasteiger partial charge in [0.1, 0.15) is 24.0 Å². The van der Waals surface area contributed by atoms with Crippen LogP contribution >= 0.6 is 0 Å². The summed E-state index contributed by atoms with van der Waals surface area (Å²) in [5, 5.41) is 66.9. The maximum Gasteiger partial charge on any atom is 0.257 e. The Hall–Kier alpha value is -3.30. The van der Waals surface area contributed by atoms with Gasteiger partial charge < -0.3 is 46.6 Å². The van der Waals surface area contributed by atoms with Gasteiger partial charge in [0.05, 0.1) is 24.3 Å². The first-order chi connectivity index (χ1) is 20.0. The molecular formula is C29H43N5O8. The average molecular weight is 590 g/mol. The monoisotopic (exact) mass is 589 g/mol. The van der Waals surface area contributed by atoms with Crippen molar-refractivity contribution in [1.29, 1.82) is 0 Å². The SMILES string of the molecule is Cc1cc(CN2CCCN(Cc3cc(C)cc(C(=O)NC(O)CO)c3O)CCNCC2)c(O)c(C(=O)NC(O)CO)c1. The Kier molecular flexibility index (Phi) is 12.5. The number of aliphatic hydroxyl groups excluding tert-OH is 4. The van der Waals surface area contributed by atoms with Gasteiger partial charge in [-0.25, -0.2) is 0 Å². The van der Waals surface area contributed by atoms with Crippen molar-refractivity contribution in [2.24, 2.45) is 0 Å². The maximum absolute atomic E-state index is 12.5. The van der Waals surface area contributed by atoms with E-state index in [0.29, 0.717) is 50.4 Å². The number of nitrogens with one attached hydrogen (secondary N) is 3. The summed E-state index contributed by atoms with van der Waals surface area (Å²) in [7, 11) is 0. The van der Waals surface area contributed by atoms with E-state index in [2.05, 4.69) is 25.8 Å². The van der Waals surface area contributed by atoms with E-state index in [1.54, 1.807) is 0 Å². The summed E-state index contributed by atoms with van der Waals surface area (Å²) in [6.07, 6.45) is -2.08. The van der Waals surface area contributed by atoms with E-state index >= 15 is 0 Å². The maximum atomic E-state index is 12.5. The van der Waals surface area contributed by atoms with E-state index in [4.69, 9.17) is 10.2 Å². The Labute approximate surface area is 245 Å². The number of rotatable bonds is 10. The minimum atomic E-state index is -1.43. The quantitative estimate of drug-likeness (QED) is 0.156. The molecule has 232 valence electrons. The summed E-state index contributed by atoms with van der Waals surface area (Å²) in [6.45, 7) is 7.37. The predicted octanol–water partition coefficient (Wildman–Crippen LogP) is -0.907. The third-order valence-electron chi connectivity index (χ3n) is 7.04. The molecule has 0 aliphatic carbocycles. The lowest BCUT2D eigenvalue weighted by atomic mass is 10.0. The van der Waals surface area contributed by atoms with Crippen molar-refractivity contribution in [3.63, 3.8) is 0 Å². The number of aliphatic hydroxyl groups is 4. The summed E-state index contributed by atoms with van der Waals surface area (Å²) in [6, 6.07) is 6.71. The number of aryl methyl sites for hydroxylation is 2. The molecular weight excluding hydrogens is 546 g/mol. The first-order valence-corrected chi connectivity index (χ1v) is 14.0. The van der Waals surface area contributed by atoms with Crippen molar-refractivity contribution in [3.05, 3.63) is 57.6 Å². The van der Waals surface area contributed by atoms with Crippen molar-refractivity contribution in [3.8, 4) is 11.5 Å². The molecule has 1 aliphatic heterocycles. The Bertz CT molecular complexity index is 1140. The summed E-state index contributed by atoms with van der Waals surface area (Å²) in [4.78, 5) is 29.4. The summed E-state index contributed by atoms with van der Waals surface area (Å²) in [5.41, 5.74) is 2.76. The zero-order chi connectivity index (χ0) is 30.8. The molecule has 2 aromatic carbocycles. The third-order valence-corrected chi connectivity index (χ3v) is 7.04. The van der Waals surface area contributed by atoms with Crippen LogP contribution in [-0.4, -0.2) is 117 Å². The van der Waals surface area contributed by atoms with Gasteiger partial charge in [0.25, 0.3) is 11.8 Å². The van der Waals surface area contributed by atoms with E-state index in [-0.39, 0.29) is 22.6 Å². The number of phenolic OH excluding ortho intramolecular Hbond substituents is 2. The molecule has 42 heavy (non-hydrogen) atoms. The molecule has 2 aromatic rings. The van der Waals surface area contributed by atoms with E-state index in [9.17, 15) is 30.0 Å². The van der Waals surface area contributed by atoms with Crippen LogP contribution in [0.15, 0.2) is 24.3 Å². The molecule has 2 unspecified atom stereocenters. The zero-order valence-electron chi connectivity index (χ0n) is 24.1. The van der Waals surface area contributed by atoms with Crippen LogP contribution in [0.2, 0.25) is 0 Å². The molecule has 1 fully saturated rings. The van der Waals surface area contributed by atoms with Gasteiger partial charge in [0, 0.05) is 50.4 Å². The van der Waals surface area contributed by atoms with Gasteiger partial charge in [-0.05, 0) is 56.6 Å². The summed E-state index contributed by atoms with van der Waals surface area (Å²) < 4.78 is 0. The zero-order valence-corrected chi connectivity index (χ0v) is 24.1. The number of aromatic hydroxyl groups is 2. The van der Waals surface area contributed by atoms with Crippen molar-refractivity contribution in [1.82, 2.24) is 25.8 Å². The van der Waals surface area contributed by atoms with Gasteiger partial charge in [0.15, 0.2) is 0 Å². The number of amides is 2. The largest absolute Gasteiger partial charge is 0.507 e. The van der Waals surface area contributed by atoms with Gasteiger partial charge in [-0.2, -0.15) is 0 Å². The normalized spacial score (nSPS) is 16.9. The molecule has 0 aromatic heterocycles. The van der Waals surface area contributed by atoms with Gasteiger partial charge in [-0.1, -0.05) is 12.1 Å². The Morgan fingerprint density at radius 1 is 0.762 bits per heavy atom. The van der Waals surface area contributed by atoms with Crippen LogP contribution in [0.4, 0.5) is 0 Å². The molecule has 1 heterocycles. The second-order valence-corrected chi connectivity index (χ2v) is 10.6. The minimum absolute atomic E-state index is 0.0275. The number of carbonyl (C=O) groups excluding carboxylic acids is 2. The van der Waals surface area contributed by atoms with Crippen LogP contribution in [-0.2, 0) is 13.1 Å². The van der Waals surface area contributed by atoms with Crippen LogP contribution in [0.25, 0.3) is 0 Å². The molecule has 0 bridgehead atoms. The van der Waals surface area contributed by atoms with Gasteiger partial charge >= 0.3 is 0 Å². The van der Waals surface area contributed by atoms with Gasteiger partial charge in [0.2, 0.25) is 0 Å². The number of nitrogens with zero attached hydrogens (tertiary/aromatic N) is 2. The Balaban J connectivity index is 1.69. The van der Waals surface area contributed by atoms with Gasteiger partial charge in [-0.15, -0.1) is 0 Å². The van der Waals surface area contributed by atoms with Crippen LogP contribution in [0.5, 0.6) is 11.5 Å². The highest BCUT2D eigenvalue weighted by Crippen LogP contribution is 2.28. The molecule has 9 N–H and O–H groups in total. The van der Waals surface area contributed by atoms with E-state index in [1.807, 2.05) is 26.0 Å². The Morgan fingerprint density at radius 3 is 1.55 bits per heavy atom. The van der Waals surface area contributed by atoms with Crippen LogP contribution in [0, 0.1) is 13.8 Å². The third kappa shape index (κ3) is 9.36. The molecule has 2 amide bonds. The van der Waals surface area contributed by atoms with Crippen molar-refractivity contribution in [2.45, 2.75) is 45.8 Å². The highest BCUT2D eigenvalue weighted by atomic mass is 16.3. The summed E-state index contributed by atoms with van der Waals surface area (Å²) >= 11 is 0. The van der Waals surface area contributed by atoms with Gasteiger partial charge in [-0.3, -0.25) is 19.4 Å². The van der Waals surface area contributed by atoms with Crippen molar-refractivity contribution >= 4 is 11.8 Å². The molecule has 1 saturated heterocycles. The molecule has 0 radical (unpaired) electrons. The second kappa shape index (κ2) is 15.8. The highest BCUT2D eigenvalue weighted by molar-refractivity contribution is 5.98. The number of benzene rings is 2. The first kappa shape index (κ1) is 33.2. The number of hydrogen-bond acceptors (Lipinski definition) is 11. The lowest BCUT2D eigenvalue weighted by Crippen LogP contribution is -2.40. The van der Waals surface area contributed by atoms with Crippen molar-refractivity contribution < 1.29 is 40.2 Å². The molecule has 13 nitrogen and oxygen atoms in total. The van der Waals surface area contributed by atoms with Crippen LogP contribution < -0.4 is 16.0 Å². The number of carbonyl (C=O) groups is 2. The smallest absolute Gasteiger partial charge is 0.257 e. The minimum Gasteiger partial charge on any atom is -0.507 e. The van der Waals surface area contributed by atoms with Crippen LogP contribution in [0.1, 0.15) is 49.4 Å². The lowest BCUT2D eigenvalue weighted by Gasteiger charge is -2.29. The number of phenols is 2. The summed E-state index contributed by atoms with van der Waals surface area (Å²) in [5.74, 6) is -1.70. The number of hydrogen-bond donors (Lipinski definition) is 9. The molecule has 0 saturated carbocycles. The molecule has 13 heteroatoms. The van der Waals surface area contributed by atoms with E-state index in [0.717, 1.165) is 30.6 Å². The first-order valence-electron chi connectivity index (χ1n) is 14.0. The average Bonchev–Trinajstić information content (AvgIpc) is 2.95. The topological polar surface area (TPSA) is 198 Å². The molecule has 1 aliphatic rings. The highest BCUT2D eigenvalue weighted by Gasteiger charge is 2.22. The Morgan fingerprint density at radius 2 is 1.17 bits per heavy atom. The predicted molar refractivity (Wildman–Crippen MR) is 155 cm³/mol. The molecule has 2 atom stereocenters. The fraction of sp³-hybridized carbons (Fsp3) is 0.517. The van der Waals surface area contributed by atoms with Crippen molar-refractivity contribution in [2.75, 3.05) is 52.5 Å². The standard InChI is InChI=1S/C29H43N5O8/c1-18-10-20(26(39)22(12-18)28(41)31-24(37)16-35)14-33-6-3-7-34(9-5-30-4-8-33)15-21-11-19(2)13-23(27(21)40)29(42)32-25(38)17-36/h10-13,24-25,30,35-40H,3-9,14-17H2,1-2H3,(H,31,41)(H,32,42). The molecule has 3 rings (SSSR count). The lowest BCUT2D eigenvalue weighted by molar-refractivity contribution is 0.0540.